The highest BCUT2D eigenvalue weighted by molar-refractivity contribution is 6.04. The zero-order chi connectivity index (χ0) is 18.6. The number of fused-ring (bicyclic) bond motifs is 1. The number of carbonyl (C=O) groups excluding carboxylic acids is 1. The van der Waals surface area contributed by atoms with Crippen molar-refractivity contribution in [2.45, 2.75) is 46.2 Å². The molecule has 0 aliphatic heterocycles. The molecule has 2 aromatic rings. The molecule has 25 heavy (non-hydrogen) atoms. The van der Waals surface area contributed by atoms with Crippen molar-refractivity contribution in [1.82, 2.24) is 15.1 Å². The molecule has 1 aromatic carbocycles. The van der Waals surface area contributed by atoms with Gasteiger partial charge in [-0.1, -0.05) is 32.0 Å². The van der Waals surface area contributed by atoms with Crippen molar-refractivity contribution in [2.75, 3.05) is 0 Å². The maximum Gasteiger partial charge on any atom is 0.303 e. The molecule has 134 valence electrons. The number of carbonyl (C=O) groups is 2. The Morgan fingerprint density at radius 3 is 2.44 bits per heavy atom. The first kappa shape index (κ1) is 18.6. The van der Waals surface area contributed by atoms with Crippen molar-refractivity contribution in [3.05, 3.63) is 40.3 Å². The number of rotatable bonds is 7. The zero-order valence-corrected chi connectivity index (χ0v) is 14.7. The van der Waals surface area contributed by atoms with Gasteiger partial charge in [0.15, 0.2) is 5.69 Å². The number of nitrogens with one attached hydrogen (secondary N) is 1. The standard InChI is InChI=1S/C18H23N3O4/c1-11(2)10-21-18(25)14-7-5-4-6-13(14)16(20-21)17(24)19-12(3)8-9-15(22)23/h4-7,11-12H,8-10H2,1-3H3,(H,19,24)(H,22,23). The van der Waals surface area contributed by atoms with Crippen molar-refractivity contribution < 1.29 is 14.7 Å². The van der Waals surface area contributed by atoms with Crippen LogP contribution in [0.4, 0.5) is 0 Å². The van der Waals surface area contributed by atoms with Crippen LogP contribution >= 0.6 is 0 Å². The number of nitrogens with zero attached hydrogens (tertiary/aromatic N) is 2. The molecule has 0 saturated heterocycles. The van der Waals surface area contributed by atoms with E-state index in [1.165, 1.54) is 4.68 Å². The van der Waals surface area contributed by atoms with Gasteiger partial charge in [-0.3, -0.25) is 14.4 Å². The molecule has 2 N–H and O–H groups in total. The van der Waals surface area contributed by atoms with Gasteiger partial charge in [0.2, 0.25) is 0 Å². The third-order valence-electron chi connectivity index (χ3n) is 3.79. The lowest BCUT2D eigenvalue weighted by molar-refractivity contribution is -0.137. The van der Waals surface area contributed by atoms with Gasteiger partial charge in [-0.25, -0.2) is 4.68 Å². The van der Waals surface area contributed by atoms with Crippen LogP contribution in [-0.2, 0) is 11.3 Å². The minimum Gasteiger partial charge on any atom is -0.481 e. The highest BCUT2D eigenvalue weighted by atomic mass is 16.4. The molecule has 0 radical (unpaired) electrons. The van der Waals surface area contributed by atoms with E-state index in [1.54, 1.807) is 31.2 Å². The summed E-state index contributed by atoms with van der Waals surface area (Å²) >= 11 is 0. The summed E-state index contributed by atoms with van der Waals surface area (Å²) in [5, 5.41) is 16.7. The van der Waals surface area contributed by atoms with Gasteiger partial charge in [0, 0.05) is 24.4 Å². The Labute approximate surface area is 145 Å². The largest absolute Gasteiger partial charge is 0.481 e. The molecule has 1 atom stereocenters. The Morgan fingerprint density at radius 1 is 1.20 bits per heavy atom. The minimum absolute atomic E-state index is 0.0253. The molecule has 2 rings (SSSR count). The Kier molecular flexibility index (Phi) is 5.90. The molecule has 1 amide bonds. The molecular formula is C18H23N3O4. The summed E-state index contributed by atoms with van der Waals surface area (Å²) in [5.41, 5.74) is -0.0437. The summed E-state index contributed by atoms with van der Waals surface area (Å²) < 4.78 is 1.32. The van der Waals surface area contributed by atoms with Crippen LogP contribution in [0.5, 0.6) is 0 Å². The molecule has 0 spiro atoms. The second-order valence-electron chi connectivity index (χ2n) is 6.58. The van der Waals surface area contributed by atoms with Gasteiger partial charge in [0.05, 0.1) is 5.39 Å². The van der Waals surface area contributed by atoms with E-state index >= 15 is 0 Å². The maximum atomic E-state index is 12.6. The first-order valence-corrected chi connectivity index (χ1v) is 8.32. The van der Waals surface area contributed by atoms with Crippen LogP contribution in [-0.4, -0.2) is 32.8 Å². The van der Waals surface area contributed by atoms with Gasteiger partial charge >= 0.3 is 5.97 Å². The fourth-order valence-corrected chi connectivity index (χ4v) is 2.58. The fourth-order valence-electron chi connectivity index (χ4n) is 2.58. The van der Waals surface area contributed by atoms with Gasteiger partial charge in [-0.05, 0) is 25.3 Å². The third kappa shape index (κ3) is 4.65. The quantitative estimate of drug-likeness (QED) is 0.799. The van der Waals surface area contributed by atoms with Gasteiger partial charge < -0.3 is 10.4 Å². The van der Waals surface area contributed by atoms with Crippen molar-refractivity contribution in [3.8, 4) is 0 Å². The van der Waals surface area contributed by atoms with E-state index in [0.29, 0.717) is 23.7 Å². The first-order chi connectivity index (χ1) is 11.8. The van der Waals surface area contributed by atoms with Gasteiger partial charge in [-0.2, -0.15) is 5.10 Å². The highest BCUT2D eigenvalue weighted by Gasteiger charge is 2.18. The lowest BCUT2D eigenvalue weighted by atomic mass is 10.1. The van der Waals surface area contributed by atoms with E-state index in [4.69, 9.17) is 5.11 Å². The zero-order valence-electron chi connectivity index (χ0n) is 14.7. The molecule has 1 unspecified atom stereocenters. The maximum absolute atomic E-state index is 12.6. The second-order valence-corrected chi connectivity index (χ2v) is 6.58. The molecule has 0 aliphatic rings. The molecule has 7 heteroatoms. The van der Waals surface area contributed by atoms with Crippen LogP contribution in [0.2, 0.25) is 0 Å². The predicted molar refractivity (Wildman–Crippen MR) is 94.6 cm³/mol. The van der Waals surface area contributed by atoms with Crippen LogP contribution in [0, 0.1) is 5.92 Å². The van der Waals surface area contributed by atoms with Crippen LogP contribution in [0.25, 0.3) is 10.8 Å². The number of hydrogen-bond acceptors (Lipinski definition) is 4. The van der Waals surface area contributed by atoms with E-state index in [-0.39, 0.29) is 29.6 Å². The van der Waals surface area contributed by atoms with E-state index < -0.39 is 11.9 Å². The van der Waals surface area contributed by atoms with Gasteiger partial charge in [0.1, 0.15) is 0 Å². The molecule has 0 aliphatic carbocycles. The summed E-state index contributed by atoms with van der Waals surface area (Å²) in [6.45, 7) is 6.10. The van der Waals surface area contributed by atoms with Crippen molar-refractivity contribution >= 4 is 22.6 Å². The highest BCUT2D eigenvalue weighted by Crippen LogP contribution is 2.14. The topological polar surface area (TPSA) is 101 Å². The third-order valence-corrected chi connectivity index (χ3v) is 3.79. The second kappa shape index (κ2) is 7.92. The summed E-state index contributed by atoms with van der Waals surface area (Å²) in [7, 11) is 0. The lowest BCUT2D eigenvalue weighted by Crippen LogP contribution is -2.36. The van der Waals surface area contributed by atoms with E-state index in [0.717, 1.165) is 0 Å². The fraction of sp³-hybridized carbons (Fsp3) is 0.444. The molecule has 1 heterocycles. The predicted octanol–water partition coefficient (Wildman–Crippen LogP) is 2.04. The monoisotopic (exact) mass is 345 g/mol. The number of aliphatic carboxylic acids is 1. The minimum atomic E-state index is -0.907. The summed E-state index contributed by atoms with van der Waals surface area (Å²) in [6.07, 6.45) is 0.299. The number of hydrogen-bond donors (Lipinski definition) is 2. The van der Waals surface area contributed by atoms with Gasteiger partial charge in [-0.15, -0.1) is 0 Å². The molecule has 0 saturated carbocycles. The summed E-state index contributed by atoms with van der Waals surface area (Å²) in [5.74, 6) is -1.11. The molecule has 0 bridgehead atoms. The first-order valence-electron chi connectivity index (χ1n) is 8.32. The number of aromatic nitrogens is 2. The Morgan fingerprint density at radius 2 is 1.84 bits per heavy atom. The van der Waals surface area contributed by atoms with Crippen molar-refractivity contribution in [2.24, 2.45) is 5.92 Å². The normalized spacial score (nSPS) is 12.3. The molecule has 0 fully saturated rings. The lowest BCUT2D eigenvalue weighted by Gasteiger charge is -2.15. The Hall–Kier alpha value is -2.70. The smallest absolute Gasteiger partial charge is 0.303 e. The average molecular weight is 345 g/mol. The molecule has 7 nitrogen and oxygen atoms in total. The van der Waals surface area contributed by atoms with Crippen molar-refractivity contribution in [1.29, 1.82) is 0 Å². The summed E-state index contributed by atoms with van der Waals surface area (Å²) in [4.78, 5) is 35.8. The number of carboxylic acids is 1. The van der Waals surface area contributed by atoms with Crippen molar-refractivity contribution in [3.63, 3.8) is 0 Å². The van der Waals surface area contributed by atoms with Gasteiger partial charge in [0.25, 0.3) is 11.5 Å². The van der Waals surface area contributed by atoms with E-state index in [1.807, 2.05) is 13.8 Å². The van der Waals surface area contributed by atoms with Crippen LogP contribution in [0.3, 0.4) is 0 Å². The number of carboxylic acid groups (broad SMARTS) is 1. The molecular weight excluding hydrogens is 322 g/mol. The summed E-state index contributed by atoms with van der Waals surface area (Å²) in [6, 6.07) is 6.57. The molecule has 1 aromatic heterocycles. The average Bonchev–Trinajstić information content (AvgIpc) is 2.55. The number of benzene rings is 1. The Bertz CT molecular complexity index is 842. The van der Waals surface area contributed by atoms with Crippen LogP contribution in [0.1, 0.15) is 44.1 Å². The van der Waals surface area contributed by atoms with E-state index in [2.05, 4.69) is 10.4 Å². The number of amides is 1. The Balaban J connectivity index is 2.38. The van der Waals surface area contributed by atoms with E-state index in [9.17, 15) is 14.4 Å². The SMILES string of the molecule is CC(C)Cn1nc(C(=O)NC(C)CCC(=O)O)c2ccccc2c1=O. The van der Waals surface area contributed by atoms with Crippen LogP contribution < -0.4 is 10.9 Å². The van der Waals surface area contributed by atoms with Crippen LogP contribution in [0.15, 0.2) is 29.1 Å².